The summed E-state index contributed by atoms with van der Waals surface area (Å²) in [5, 5.41) is 3.42. The number of nitrogens with zero attached hydrogens (tertiary/aromatic N) is 1. The fraction of sp³-hybridized carbons (Fsp3) is 0.632. The molecule has 1 aliphatic heterocycles. The van der Waals surface area contributed by atoms with E-state index in [4.69, 9.17) is 0 Å². The highest BCUT2D eigenvalue weighted by atomic mass is 35.5. The molecule has 0 aromatic heterocycles. The van der Waals surface area contributed by atoms with Crippen molar-refractivity contribution >= 4 is 18.3 Å². The van der Waals surface area contributed by atoms with Crippen LogP contribution in [0.5, 0.6) is 0 Å². The van der Waals surface area contributed by atoms with Crippen LogP contribution in [0.3, 0.4) is 0 Å². The Kier molecular flexibility index (Phi) is 9.27. The molecule has 4 heteroatoms. The highest BCUT2D eigenvalue weighted by molar-refractivity contribution is 5.85. The molecule has 1 amide bonds. The summed E-state index contributed by atoms with van der Waals surface area (Å²) in [6, 6.07) is 10.4. The maximum absolute atomic E-state index is 12.6. The molecule has 0 saturated carbocycles. The second kappa shape index (κ2) is 10.7. The lowest BCUT2D eigenvalue weighted by atomic mass is 9.91. The second-order valence-electron chi connectivity index (χ2n) is 6.35. The Bertz CT molecular complexity index is 444. The molecule has 1 fully saturated rings. The van der Waals surface area contributed by atoms with Gasteiger partial charge in [-0.1, -0.05) is 44.2 Å². The van der Waals surface area contributed by atoms with Crippen LogP contribution < -0.4 is 5.32 Å². The summed E-state index contributed by atoms with van der Waals surface area (Å²) in [7, 11) is 0. The number of carbonyl (C=O) groups is 1. The summed E-state index contributed by atoms with van der Waals surface area (Å²) in [6.45, 7) is 8.31. The summed E-state index contributed by atoms with van der Waals surface area (Å²) in [6.07, 6.45) is 3.95. The maximum atomic E-state index is 12.6. The molecular weight excluding hydrogens is 308 g/mol. The Morgan fingerprint density at radius 2 is 1.87 bits per heavy atom. The van der Waals surface area contributed by atoms with Gasteiger partial charge in [-0.2, -0.15) is 0 Å². The minimum absolute atomic E-state index is 0. The van der Waals surface area contributed by atoms with Crippen LogP contribution in [0.4, 0.5) is 0 Å². The largest absolute Gasteiger partial charge is 0.343 e. The van der Waals surface area contributed by atoms with E-state index in [-0.39, 0.29) is 12.4 Å². The van der Waals surface area contributed by atoms with Crippen molar-refractivity contribution in [2.75, 3.05) is 26.2 Å². The number of halogens is 1. The van der Waals surface area contributed by atoms with E-state index in [1.165, 1.54) is 5.56 Å². The first-order valence-electron chi connectivity index (χ1n) is 8.78. The molecule has 1 saturated heterocycles. The van der Waals surface area contributed by atoms with Crippen molar-refractivity contribution in [2.45, 2.75) is 45.4 Å². The molecule has 3 nitrogen and oxygen atoms in total. The van der Waals surface area contributed by atoms with Crippen molar-refractivity contribution < 1.29 is 4.79 Å². The summed E-state index contributed by atoms with van der Waals surface area (Å²) in [4.78, 5) is 14.6. The van der Waals surface area contributed by atoms with E-state index in [2.05, 4.69) is 48.3 Å². The van der Waals surface area contributed by atoms with Gasteiger partial charge in [0.2, 0.25) is 5.91 Å². The Morgan fingerprint density at radius 1 is 1.22 bits per heavy atom. The molecule has 1 N–H and O–H groups in total. The minimum atomic E-state index is 0. The van der Waals surface area contributed by atoms with E-state index >= 15 is 0 Å². The van der Waals surface area contributed by atoms with E-state index in [1.54, 1.807) is 0 Å². The highest BCUT2D eigenvalue weighted by Crippen LogP contribution is 2.25. The lowest BCUT2D eigenvalue weighted by Crippen LogP contribution is -2.41. The molecule has 1 aromatic rings. The predicted molar refractivity (Wildman–Crippen MR) is 99.2 cm³/mol. The molecule has 1 aliphatic rings. The van der Waals surface area contributed by atoms with E-state index < -0.39 is 0 Å². The van der Waals surface area contributed by atoms with Crippen molar-refractivity contribution in [1.29, 1.82) is 0 Å². The van der Waals surface area contributed by atoms with Crippen molar-refractivity contribution in [3.63, 3.8) is 0 Å². The zero-order chi connectivity index (χ0) is 15.8. The Labute approximate surface area is 147 Å². The number of benzene rings is 1. The lowest BCUT2D eigenvalue weighted by Gasteiger charge is -2.33. The van der Waals surface area contributed by atoms with E-state index in [0.717, 1.165) is 51.4 Å². The van der Waals surface area contributed by atoms with Crippen LogP contribution in [0.25, 0.3) is 0 Å². The van der Waals surface area contributed by atoms with Crippen molar-refractivity contribution in [1.82, 2.24) is 10.2 Å². The second-order valence-corrected chi connectivity index (χ2v) is 6.35. The van der Waals surface area contributed by atoms with Crippen molar-refractivity contribution in [3.8, 4) is 0 Å². The predicted octanol–water partition coefficient (Wildman–Crippen LogP) is 3.84. The quantitative estimate of drug-likeness (QED) is 0.819. The number of hydrogen-bond donors (Lipinski definition) is 1. The average Bonchev–Trinajstić information content (AvgIpc) is 2.58. The third kappa shape index (κ3) is 6.15. The van der Waals surface area contributed by atoms with Crippen molar-refractivity contribution in [2.24, 2.45) is 5.92 Å². The standard InChI is InChI=1S/C19H30N2O.ClH/c1-3-17(18-8-6-5-7-9-18)14-19(22)21-12-10-16(11-13-21)15-20-4-2;/h5-9,16-17,20H,3-4,10-15H2,1-2H3;1H. The Balaban J connectivity index is 0.00000264. The Hall–Kier alpha value is -1.06. The minimum Gasteiger partial charge on any atom is -0.343 e. The maximum Gasteiger partial charge on any atom is 0.223 e. The highest BCUT2D eigenvalue weighted by Gasteiger charge is 2.24. The topological polar surface area (TPSA) is 32.3 Å². The van der Waals surface area contributed by atoms with Gasteiger partial charge in [-0.15, -0.1) is 12.4 Å². The Morgan fingerprint density at radius 3 is 2.43 bits per heavy atom. The number of piperidine rings is 1. The van der Waals surface area contributed by atoms with Crippen LogP contribution in [0.15, 0.2) is 30.3 Å². The third-order valence-electron chi connectivity index (χ3n) is 4.84. The zero-order valence-corrected chi connectivity index (χ0v) is 15.3. The molecule has 0 bridgehead atoms. The molecule has 0 spiro atoms. The zero-order valence-electron chi connectivity index (χ0n) is 14.5. The first-order chi connectivity index (χ1) is 10.7. The van der Waals surface area contributed by atoms with Gasteiger partial charge in [0.25, 0.3) is 0 Å². The first kappa shape index (κ1) is 20.0. The van der Waals surface area contributed by atoms with Gasteiger partial charge in [-0.05, 0) is 49.8 Å². The summed E-state index contributed by atoms with van der Waals surface area (Å²) < 4.78 is 0. The van der Waals surface area contributed by atoms with E-state index in [9.17, 15) is 4.79 Å². The number of likely N-dealkylation sites (tertiary alicyclic amines) is 1. The van der Waals surface area contributed by atoms with E-state index in [1.807, 2.05) is 6.07 Å². The fourth-order valence-electron chi connectivity index (χ4n) is 3.30. The van der Waals surface area contributed by atoms with Crippen LogP contribution in [0.2, 0.25) is 0 Å². The molecule has 130 valence electrons. The van der Waals surface area contributed by atoms with Gasteiger partial charge in [0, 0.05) is 19.5 Å². The average molecular weight is 339 g/mol. The normalized spacial score (nSPS) is 16.7. The number of rotatable bonds is 7. The molecule has 1 atom stereocenters. The third-order valence-corrected chi connectivity index (χ3v) is 4.84. The molecule has 1 heterocycles. The molecule has 0 radical (unpaired) electrons. The first-order valence-corrected chi connectivity index (χ1v) is 8.78. The smallest absolute Gasteiger partial charge is 0.223 e. The monoisotopic (exact) mass is 338 g/mol. The van der Waals surface area contributed by atoms with Gasteiger partial charge in [0.1, 0.15) is 0 Å². The van der Waals surface area contributed by atoms with Gasteiger partial charge < -0.3 is 10.2 Å². The van der Waals surface area contributed by atoms with E-state index in [0.29, 0.717) is 18.2 Å². The van der Waals surface area contributed by atoms with Gasteiger partial charge in [-0.25, -0.2) is 0 Å². The SMILES string of the molecule is CCNCC1CCN(C(=O)CC(CC)c2ccccc2)CC1.Cl. The van der Waals surface area contributed by atoms with Gasteiger partial charge in [0.15, 0.2) is 0 Å². The molecule has 1 unspecified atom stereocenters. The summed E-state index contributed by atoms with van der Waals surface area (Å²) >= 11 is 0. The molecule has 0 aliphatic carbocycles. The number of carbonyl (C=O) groups excluding carboxylic acids is 1. The van der Waals surface area contributed by atoms with Crippen molar-refractivity contribution in [3.05, 3.63) is 35.9 Å². The van der Waals surface area contributed by atoms with Gasteiger partial charge in [-0.3, -0.25) is 4.79 Å². The number of amides is 1. The fourth-order valence-corrected chi connectivity index (χ4v) is 3.30. The molecule has 23 heavy (non-hydrogen) atoms. The molecular formula is C19H31ClN2O. The lowest BCUT2D eigenvalue weighted by molar-refractivity contribution is -0.133. The summed E-state index contributed by atoms with van der Waals surface area (Å²) in [5.41, 5.74) is 1.29. The molecule has 2 rings (SSSR count). The molecule has 1 aromatic carbocycles. The number of nitrogens with one attached hydrogen (secondary N) is 1. The van der Waals surface area contributed by atoms with Crippen LogP contribution >= 0.6 is 12.4 Å². The van der Waals surface area contributed by atoms with Crippen LogP contribution in [0.1, 0.15) is 51.0 Å². The summed E-state index contributed by atoms with van der Waals surface area (Å²) in [5.74, 6) is 1.42. The van der Waals surface area contributed by atoms with Crippen LogP contribution in [-0.2, 0) is 4.79 Å². The number of hydrogen-bond acceptors (Lipinski definition) is 2. The van der Waals surface area contributed by atoms with Crippen LogP contribution in [-0.4, -0.2) is 37.0 Å². The van der Waals surface area contributed by atoms with Gasteiger partial charge >= 0.3 is 0 Å². The van der Waals surface area contributed by atoms with Crippen LogP contribution in [0, 0.1) is 5.92 Å². The van der Waals surface area contributed by atoms with Gasteiger partial charge in [0.05, 0.1) is 0 Å².